The van der Waals surface area contributed by atoms with Gasteiger partial charge in [0.05, 0.1) is 23.4 Å². The van der Waals surface area contributed by atoms with Crippen LogP contribution in [0.15, 0.2) is 84.0 Å². The van der Waals surface area contributed by atoms with Crippen LogP contribution in [0.25, 0.3) is 16.9 Å². The van der Waals surface area contributed by atoms with Gasteiger partial charge in [-0.1, -0.05) is 24.3 Å². The third kappa shape index (κ3) is 3.37. The van der Waals surface area contributed by atoms with Crippen molar-refractivity contribution in [2.45, 2.75) is 4.90 Å². The van der Waals surface area contributed by atoms with Gasteiger partial charge in [0.15, 0.2) is 0 Å². The largest absolute Gasteiger partial charge is 0.497 e. The van der Waals surface area contributed by atoms with Gasteiger partial charge in [0.25, 0.3) is 10.0 Å². The van der Waals surface area contributed by atoms with Gasteiger partial charge in [-0.25, -0.2) is 13.4 Å². The average molecular weight is 379 g/mol. The number of benzene rings is 2. The smallest absolute Gasteiger partial charge is 0.261 e. The van der Waals surface area contributed by atoms with Gasteiger partial charge in [0, 0.05) is 18.0 Å². The SMILES string of the molecule is COc1ccc(S(=O)(=O)Nc2ccccc2-c2cn3ccccc3n2)cc1. The van der Waals surface area contributed by atoms with E-state index in [1.54, 1.807) is 24.3 Å². The van der Waals surface area contributed by atoms with Gasteiger partial charge in [0.2, 0.25) is 0 Å². The van der Waals surface area contributed by atoms with Gasteiger partial charge in [-0.3, -0.25) is 4.72 Å². The molecule has 0 bridgehead atoms. The molecule has 0 unspecified atom stereocenters. The van der Waals surface area contributed by atoms with E-state index >= 15 is 0 Å². The summed E-state index contributed by atoms with van der Waals surface area (Å²) in [5, 5.41) is 0. The molecule has 0 fully saturated rings. The Morgan fingerprint density at radius 1 is 0.963 bits per heavy atom. The number of anilines is 1. The number of ether oxygens (including phenoxy) is 1. The second-order valence-corrected chi connectivity index (χ2v) is 7.60. The maximum atomic E-state index is 12.8. The molecule has 0 spiro atoms. The molecular formula is C20H17N3O3S. The Labute approximate surface area is 157 Å². The number of sulfonamides is 1. The van der Waals surface area contributed by atoms with Crippen LogP contribution in [0, 0.1) is 0 Å². The summed E-state index contributed by atoms with van der Waals surface area (Å²) in [7, 11) is -2.20. The standard InChI is InChI=1S/C20H17N3O3S/c1-26-15-9-11-16(12-10-15)27(24,25)22-18-7-3-2-6-17(18)19-14-23-13-5-4-8-20(23)21-19/h2-14,22H,1H3. The summed E-state index contributed by atoms with van der Waals surface area (Å²) in [6.07, 6.45) is 3.77. The first-order chi connectivity index (χ1) is 13.1. The summed E-state index contributed by atoms with van der Waals surface area (Å²) in [6, 6.07) is 19.2. The number of fused-ring (bicyclic) bond motifs is 1. The van der Waals surface area contributed by atoms with Gasteiger partial charge >= 0.3 is 0 Å². The Kier molecular flexibility index (Phi) is 4.29. The van der Waals surface area contributed by atoms with E-state index in [0.717, 1.165) is 5.65 Å². The molecule has 2 aromatic heterocycles. The summed E-state index contributed by atoms with van der Waals surface area (Å²) >= 11 is 0. The molecule has 136 valence electrons. The first-order valence-electron chi connectivity index (χ1n) is 8.27. The number of rotatable bonds is 5. The zero-order valence-corrected chi connectivity index (χ0v) is 15.3. The minimum atomic E-state index is -3.74. The van der Waals surface area contributed by atoms with Crippen molar-refractivity contribution in [3.05, 3.63) is 79.1 Å². The molecule has 0 aliphatic rings. The predicted octanol–water partition coefficient (Wildman–Crippen LogP) is 3.81. The molecular weight excluding hydrogens is 362 g/mol. The average Bonchev–Trinajstić information content (AvgIpc) is 3.12. The van der Waals surface area contributed by atoms with E-state index in [9.17, 15) is 8.42 Å². The summed E-state index contributed by atoms with van der Waals surface area (Å²) < 4.78 is 35.2. The molecule has 0 aliphatic carbocycles. The van der Waals surface area contributed by atoms with E-state index in [0.29, 0.717) is 22.7 Å². The van der Waals surface area contributed by atoms with Crippen LogP contribution in [0.2, 0.25) is 0 Å². The number of hydrogen-bond donors (Lipinski definition) is 1. The maximum Gasteiger partial charge on any atom is 0.261 e. The fraction of sp³-hybridized carbons (Fsp3) is 0.0500. The van der Waals surface area contributed by atoms with Crippen LogP contribution in [0.1, 0.15) is 0 Å². The normalized spacial score (nSPS) is 11.4. The molecule has 0 aliphatic heterocycles. The molecule has 4 rings (SSSR count). The van der Waals surface area contributed by atoms with Crippen molar-refractivity contribution >= 4 is 21.4 Å². The first-order valence-corrected chi connectivity index (χ1v) is 9.75. The Hall–Kier alpha value is -3.32. The fourth-order valence-electron chi connectivity index (χ4n) is 2.82. The topological polar surface area (TPSA) is 72.7 Å². The van der Waals surface area contributed by atoms with E-state index in [1.807, 2.05) is 47.1 Å². The van der Waals surface area contributed by atoms with E-state index in [2.05, 4.69) is 9.71 Å². The van der Waals surface area contributed by atoms with Crippen molar-refractivity contribution in [3.63, 3.8) is 0 Å². The minimum absolute atomic E-state index is 0.160. The third-order valence-corrected chi connectivity index (χ3v) is 5.56. The molecule has 1 N–H and O–H groups in total. The van der Waals surface area contributed by atoms with Gasteiger partial charge in [-0.2, -0.15) is 0 Å². The molecule has 27 heavy (non-hydrogen) atoms. The lowest BCUT2D eigenvalue weighted by Crippen LogP contribution is -2.13. The number of aromatic nitrogens is 2. The highest BCUT2D eigenvalue weighted by molar-refractivity contribution is 7.92. The molecule has 0 saturated heterocycles. The van der Waals surface area contributed by atoms with Crippen LogP contribution in [-0.2, 0) is 10.0 Å². The predicted molar refractivity (Wildman–Crippen MR) is 104 cm³/mol. The van der Waals surface area contributed by atoms with Crippen LogP contribution in [0.5, 0.6) is 5.75 Å². The van der Waals surface area contributed by atoms with Crippen molar-refractivity contribution in [1.29, 1.82) is 0 Å². The Balaban J connectivity index is 1.72. The number of nitrogens with one attached hydrogen (secondary N) is 1. The van der Waals surface area contributed by atoms with Crippen molar-refractivity contribution in [2.24, 2.45) is 0 Å². The van der Waals surface area contributed by atoms with Crippen LogP contribution in [-0.4, -0.2) is 24.9 Å². The highest BCUT2D eigenvalue weighted by atomic mass is 32.2. The number of para-hydroxylation sites is 1. The monoisotopic (exact) mass is 379 g/mol. The third-order valence-electron chi connectivity index (χ3n) is 4.18. The van der Waals surface area contributed by atoms with E-state index < -0.39 is 10.0 Å². The van der Waals surface area contributed by atoms with Crippen molar-refractivity contribution < 1.29 is 13.2 Å². The molecule has 0 saturated carbocycles. The van der Waals surface area contributed by atoms with Crippen LogP contribution < -0.4 is 9.46 Å². The molecule has 7 heteroatoms. The van der Waals surface area contributed by atoms with Crippen LogP contribution >= 0.6 is 0 Å². The molecule has 0 amide bonds. The molecule has 2 heterocycles. The Morgan fingerprint density at radius 2 is 1.70 bits per heavy atom. The van der Waals surface area contributed by atoms with Crippen LogP contribution in [0.4, 0.5) is 5.69 Å². The number of imidazole rings is 1. The van der Waals surface area contributed by atoms with E-state index in [4.69, 9.17) is 4.74 Å². The summed E-state index contributed by atoms with van der Waals surface area (Å²) in [6.45, 7) is 0. The highest BCUT2D eigenvalue weighted by Crippen LogP contribution is 2.29. The van der Waals surface area contributed by atoms with Gasteiger partial charge in [0.1, 0.15) is 11.4 Å². The second kappa shape index (κ2) is 6.77. The molecule has 4 aromatic rings. The summed E-state index contributed by atoms with van der Waals surface area (Å²) in [5.74, 6) is 0.596. The lowest BCUT2D eigenvalue weighted by atomic mass is 10.1. The lowest BCUT2D eigenvalue weighted by Gasteiger charge is -2.12. The zero-order chi connectivity index (χ0) is 18.9. The minimum Gasteiger partial charge on any atom is -0.497 e. The van der Waals surface area contributed by atoms with Gasteiger partial charge < -0.3 is 9.14 Å². The zero-order valence-electron chi connectivity index (χ0n) is 14.5. The molecule has 0 atom stereocenters. The number of nitrogens with zero attached hydrogens (tertiary/aromatic N) is 2. The highest BCUT2D eigenvalue weighted by Gasteiger charge is 2.17. The van der Waals surface area contributed by atoms with E-state index in [-0.39, 0.29) is 4.90 Å². The Morgan fingerprint density at radius 3 is 2.44 bits per heavy atom. The first kappa shape index (κ1) is 17.1. The lowest BCUT2D eigenvalue weighted by molar-refractivity contribution is 0.414. The number of hydrogen-bond acceptors (Lipinski definition) is 4. The van der Waals surface area contributed by atoms with Crippen LogP contribution in [0.3, 0.4) is 0 Å². The quantitative estimate of drug-likeness (QED) is 0.572. The second-order valence-electron chi connectivity index (χ2n) is 5.92. The number of pyridine rings is 1. The van der Waals surface area contributed by atoms with Gasteiger partial charge in [-0.15, -0.1) is 0 Å². The maximum absolute atomic E-state index is 12.8. The van der Waals surface area contributed by atoms with Crippen molar-refractivity contribution in [3.8, 4) is 17.0 Å². The van der Waals surface area contributed by atoms with Gasteiger partial charge in [-0.05, 0) is 42.5 Å². The fourth-order valence-corrected chi connectivity index (χ4v) is 3.90. The molecule has 0 radical (unpaired) electrons. The molecule has 6 nitrogen and oxygen atoms in total. The van der Waals surface area contributed by atoms with Crippen molar-refractivity contribution in [1.82, 2.24) is 9.38 Å². The van der Waals surface area contributed by atoms with Crippen molar-refractivity contribution in [2.75, 3.05) is 11.8 Å². The Bertz CT molecular complexity index is 1170. The molecule has 2 aromatic carbocycles. The summed E-state index contributed by atoms with van der Waals surface area (Å²) in [5.41, 5.74) is 2.66. The summed E-state index contributed by atoms with van der Waals surface area (Å²) in [4.78, 5) is 4.74. The van der Waals surface area contributed by atoms with E-state index in [1.165, 1.54) is 19.2 Å². The number of methoxy groups -OCH3 is 1.